The van der Waals surface area contributed by atoms with Gasteiger partial charge in [0, 0.05) is 24.7 Å². The maximum Gasteiger partial charge on any atom is 0.387 e. The van der Waals surface area contributed by atoms with Crippen LogP contribution in [0.4, 0.5) is 8.78 Å². The number of nitrogens with zero attached hydrogens (tertiary/aromatic N) is 3. The van der Waals surface area contributed by atoms with Crippen molar-refractivity contribution in [2.24, 2.45) is 0 Å². The van der Waals surface area contributed by atoms with Gasteiger partial charge in [0.1, 0.15) is 11.8 Å². The number of amides is 2. The number of alkyl halides is 2. The molecule has 0 unspecified atom stereocenters. The molecule has 10 nitrogen and oxygen atoms in total. The standard InChI is InChI=1S/C19H18F2N4O6S/c1-24(12-22)18(27)15(23-17(26)13-6-8-25(28)9-7-13)11-32(29,30)10-14-4-2-3-5-16(14)31-19(20)21/h2-9,15,19H,10-11H2,1H3,(H,23,26)/t15-/m0/s1. The molecule has 0 aliphatic rings. The molecule has 1 N–H and O–H groups in total. The zero-order valence-electron chi connectivity index (χ0n) is 16.6. The van der Waals surface area contributed by atoms with Crippen molar-refractivity contribution in [3.63, 3.8) is 0 Å². The maximum absolute atomic E-state index is 12.7. The largest absolute Gasteiger partial charge is 0.619 e. The van der Waals surface area contributed by atoms with Gasteiger partial charge < -0.3 is 15.3 Å². The molecule has 0 fully saturated rings. The second-order valence-electron chi connectivity index (χ2n) is 6.51. The van der Waals surface area contributed by atoms with Crippen LogP contribution in [0.25, 0.3) is 0 Å². The van der Waals surface area contributed by atoms with E-state index in [4.69, 9.17) is 5.26 Å². The van der Waals surface area contributed by atoms with E-state index >= 15 is 0 Å². The third kappa shape index (κ3) is 6.88. The number of carbonyl (C=O) groups excluding carboxylic acids is 2. The number of halogens is 2. The van der Waals surface area contributed by atoms with Crippen molar-refractivity contribution in [3.8, 4) is 11.9 Å². The smallest absolute Gasteiger partial charge is 0.387 e. The second-order valence-corrected chi connectivity index (χ2v) is 8.62. The number of hydrogen-bond acceptors (Lipinski definition) is 7. The third-order valence-electron chi connectivity index (χ3n) is 4.13. The van der Waals surface area contributed by atoms with Gasteiger partial charge in [-0.1, -0.05) is 18.2 Å². The first-order chi connectivity index (χ1) is 15.0. The number of likely N-dealkylation sites (N-methyl/N-ethyl adjacent to an activating group) is 1. The van der Waals surface area contributed by atoms with Crippen molar-refractivity contribution < 1.29 is 36.3 Å². The van der Waals surface area contributed by atoms with Crippen molar-refractivity contribution in [2.75, 3.05) is 12.8 Å². The fourth-order valence-corrected chi connectivity index (χ4v) is 4.21. The number of ether oxygens (including phenoxy) is 1. The molecule has 0 bridgehead atoms. The molecule has 0 aliphatic carbocycles. The van der Waals surface area contributed by atoms with Crippen LogP contribution in [0.1, 0.15) is 15.9 Å². The number of nitrogens with one attached hydrogen (secondary N) is 1. The number of aromatic nitrogens is 1. The van der Waals surface area contributed by atoms with E-state index in [0.717, 1.165) is 31.6 Å². The summed E-state index contributed by atoms with van der Waals surface area (Å²) in [6.45, 7) is -3.17. The Balaban J connectivity index is 2.26. The van der Waals surface area contributed by atoms with Gasteiger partial charge in [-0.2, -0.15) is 18.8 Å². The van der Waals surface area contributed by atoms with Gasteiger partial charge in [-0.15, -0.1) is 0 Å². The minimum Gasteiger partial charge on any atom is -0.619 e. The molecular weight excluding hydrogens is 450 g/mol. The van der Waals surface area contributed by atoms with Gasteiger partial charge in [-0.25, -0.2) is 8.42 Å². The summed E-state index contributed by atoms with van der Waals surface area (Å²) in [5.41, 5.74) is -0.0930. The van der Waals surface area contributed by atoms with Crippen LogP contribution in [0.2, 0.25) is 0 Å². The Bertz CT molecular complexity index is 1120. The summed E-state index contributed by atoms with van der Waals surface area (Å²) in [6, 6.07) is 5.91. The molecule has 0 saturated heterocycles. The molecule has 0 spiro atoms. The number of hydrogen-bond donors (Lipinski definition) is 1. The molecule has 0 radical (unpaired) electrons. The van der Waals surface area contributed by atoms with Gasteiger partial charge in [-0.3, -0.25) is 14.5 Å². The van der Waals surface area contributed by atoms with Gasteiger partial charge in [-0.05, 0) is 6.07 Å². The zero-order chi connectivity index (χ0) is 23.9. The van der Waals surface area contributed by atoms with Gasteiger partial charge in [0.2, 0.25) is 0 Å². The second kappa shape index (κ2) is 10.5. The average molecular weight is 468 g/mol. The lowest BCUT2D eigenvalue weighted by atomic mass is 10.2. The normalized spacial score (nSPS) is 12.0. The molecule has 32 heavy (non-hydrogen) atoms. The quantitative estimate of drug-likeness (QED) is 0.245. The number of carbonyl (C=O) groups is 2. The highest BCUT2D eigenvalue weighted by molar-refractivity contribution is 7.90. The van der Waals surface area contributed by atoms with Crippen molar-refractivity contribution in [1.82, 2.24) is 10.2 Å². The molecular formula is C19H18F2N4O6S. The average Bonchev–Trinajstić information content (AvgIpc) is 2.73. The van der Waals surface area contributed by atoms with E-state index in [1.807, 2.05) is 0 Å². The molecule has 0 saturated carbocycles. The molecule has 2 rings (SSSR count). The minimum atomic E-state index is -4.16. The van der Waals surface area contributed by atoms with Crippen molar-refractivity contribution in [2.45, 2.75) is 18.4 Å². The van der Waals surface area contributed by atoms with Crippen LogP contribution in [0.5, 0.6) is 5.75 Å². The van der Waals surface area contributed by atoms with Crippen molar-refractivity contribution in [3.05, 3.63) is 65.1 Å². The van der Waals surface area contributed by atoms with Gasteiger partial charge in [0.05, 0.1) is 17.1 Å². The van der Waals surface area contributed by atoms with Crippen LogP contribution in [-0.2, 0) is 20.4 Å². The fourth-order valence-electron chi connectivity index (χ4n) is 2.65. The number of sulfone groups is 1. The molecule has 1 aromatic heterocycles. The van der Waals surface area contributed by atoms with E-state index < -0.39 is 45.8 Å². The van der Waals surface area contributed by atoms with E-state index in [1.165, 1.54) is 30.5 Å². The Morgan fingerprint density at radius 1 is 1.25 bits per heavy atom. The highest BCUT2D eigenvalue weighted by Gasteiger charge is 2.31. The van der Waals surface area contributed by atoms with Crippen LogP contribution in [0, 0.1) is 16.7 Å². The molecule has 2 amide bonds. The van der Waals surface area contributed by atoms with E-state index in [1.54, 1.807) is 0 Å². The highest BCUT2D eigenvalue weighted by Crippen LogP contribution is 2.23. The van der Waals surface area contributed by atoms with Gasteiger partial charge >= 0.3 is 6.61 Å². The monoisotopic (exact) mass is 468 g/mol. The molecule has 1 heterocycles. The van der Waals surface area contributed by atoms with E-state index in [2.05, 4.69) is 10.1 Å². The highest BCUT2D eigenvalue weighted by atomic mass is 32.2. The molecule has 1 aromatic carbocycles. The first-order valence-corrected chi connectivity index (χ1v) is 10.7. The Morgan fingerprint density at radius 2 is 1.88 bits per heavy atom. The Kier molecular flexibility index (Phi) is 8.03. The summed E-state index contributed by atoms with van der Waals surface area (Å²) in [5.74, 6) is -3.88. The van der Waals surface area contributed by atoms with Gasteiger partial charge in [0.15, 0.2) is 28.4 Å². The molecule has 170 valence electrons. The Labute approximate surface area is 182 Å². The predicted molar refractivity (Wildman–Crippen MR) is 106 cm³/mol. The van der Waals surface area contributed by atoms with Crippen molar-refractivity contribution in [1.29, 1.82) is 5.26 Å². The first kappa shape index (κ1) is 24.5. The lowest BCUT2D eigenvalue weighted by molar-refractivity contribution is -0.605. The maximum atomic E-state index is 12.7. The number of nitriles is 1. The summed E-state index contributed by atoms with van der Waals surface area (Å²) in [6.07, 6.45) is 3.58. The summed E-state index contributed by atoms with van der Waals surface area (Å²) in [5, 5.41) is 22.3. The van der Waals surface area contributed by atoms with Crippen LogP contribution in [-0.4, -0.2) is 50.6 Å². The van der Waals surface area contributed by atoms with E-state index in [9.17, 15) is 32.0 Å². The Morgan fingerprint density at radius 3 is 2.47 bits per heavy atom. The lowest BCUT2D eigenvalue weighted by Crippen LogP contribution is -2.50. The number of benzene rings is 1. The summed E-state index contributed by atoms with van der Waals surface area (Å²) < 4.78 is 55.4. The molecule has 1 atom stereocenters. The first-order valence-electron chi connectivity index (χ1n) is 8.92. The molecule has 2 aromatic rings. The van der Waals surface area contributed by atoms with Crippen LogP contribution in [0.15, 0.2) is 48.8 Å². The predicted octanol–water partition coefficient (Wildman–Crippen LogP) is 0.574. The number of para-hydroxylation sites is 1. The molecule has 0 aliphatic heterocycles. The topological polar surface area (TPSA) is 144 Å². The minimum absolute atomic E-state index is 0.0254. The van der Waals surface area contributed by atoms with Crippen LogP contribution >= 0.6 is 0 Å². The number of rotatable bonds is 9. The van der Waals surface area contributed by atoms with E-state index in [0.29, 0.717) is 9.63 Å². The summed E-state index contributed by atoms with van der Waals surface area (Å²) >= 11 is 0. The number of pyridine rings is 1. The van der Waals surface area contributed by atoms with Gasteiger partial charge in [0.25, 0.3) is 11.8 Å². The van der Waals surface area contributed by atoms with E-state index in [-0.39, 0.29) is 16.9 Å². The van der Waals surface area contributed by atoms with Crippen molar-refractivity contribution >= 4 is 21.7 Å². The third-order valence-corrected chi connectivity index (χ3v) is 5.72. The lowest BCUT2D eigenvalue weighted by Gasteiger charge is -2.20. The SMILES string of the molecule is CN(C#N)C(=O)[C@H](CS(=O)(=O)Cc1ccccc1OC(F)F)NC(=O)c1cc[n+]([O-])cc1. The summed E-state index contributed by atoms with van der Waals surface area (Å²) in [4.78, 5) is 25.5. The Hall–Kier alpha value is -3.79. The fraction of sp³-hybridized carbons (Fsp3) is 0.263. The zero-order valence-corrected chi connectivity index (χ0v) is 17.5. The molecule has 13 heteroatoms. The van der Waals surface area contributed by atoms with Crippen LogP contribution < -0.4 is 14.8 Å². The van der Waals surface area contributed by atoms with Crippen LogP contribution in [0.3, 0.4) is 0 Å². The summed E-state index contributed by atoms with van der Waals surface area (Å²) in [7, 11) is -3.08.